The fraction of sp³-hybridized carbons (Fsp3) is 0.483. The Morgan fingerprint density at radius 2 is 1.95 bits per heavy atom. The van der Waals surface area contributed by atoms with Gasteiger partial charge in [0.2, 0.25) is 6.41 Å². The first-order valence-corrected chi connectivity index (χ1v) is 13.2. The highest BCUT2D eigenvalue weighted by molar-refractivity contribution is 6.30. The molecule has 0 bridgehead atoms. The minimum atomic E-state index is -1.07. The first-order valence-electron chi connectivity index (χ1n) is 12.8. The molecule has 1 N–H and O–H groups in total. The number of rotatable bonds is 10. The van der Waals surface area contributed by atoms with Crippen LogP contribution in [0.25, 0.3) is 0 Å². The lowest BCUT2D eigenvalue weighted by Crippen LogP contribution is -2.42. The third-order valence-electron chi connectivity index (χ3n) is 5.82. The van der Waals surface area contributed by atoms with Gasteiger partial charge in [0, 0.05) is 28.4 Å². The van der Waals surface area contributed by atoms with Crippen molar-refractivity contribution in [3.63, 3.8) is 0 Å². The monoisotopic (exact) mass is 544 g/mol. The molecule has 3 unspecified atom stereocenters. The first-order chi connectivity index (χ1) is 17.9. The molecule has 1 heterocycles. The van der Waals surface area contributed by atoms with Crippen molar-refractivity contribution in [2.75, 3.05) is 18.1 Å². The van der Waals surface area contributed by atoms with Crippen molar-refractivity contribution in [3.05, 3.63) is 64.2 Å². The summed E-state index contributed by atoms with van der Waals surface area (Å²) in [5, 5.41) is 3.21. The third-order valence-corrected chi connectivity index (χ3v) is 6.05. The number of hydrogen-bond acceptors (Lipinski definition) is 6. The predicted octanol–water partition coefficient (Wildman–Crippen LogP) is 5.33. The second-order valence-electron chi connectivity index (χ2n) is 10.6. The Kier molecular flexibility index (Phi) is 9.93. The number of anilines is 1. The van der Waals surface area contributed by atoms with Crippen LogP contribution in [-0.4, -0.2) is 43.1 Å². The topological polar surface area (TPSA) is 94.2 Å². The molecule has 1 aliphatic heterocycles. The molecule has 9 heteroatoms. The zero-order chi connectivity index (χ0) is 28.0. The molecule has 0 fully saturated rings. The highest BCUT2D eigenvalue weighted by atomic mass is 35.5. The molecule has 1 aliphatic rings. The molecule has 0 spiro atoms. The van der Waals surface area contributed by atoms with Gasteiger partial charge in [0.25, 0.3) is 5.91 Å². The van der Waals surface area contributed by atoms with Gasteiger partial charge in [0.05, 0.1) is 18.6 Å². The van der Waals surface area contributed by atoms with Crippen molar-refractivity contribution in [2.45, 2.75) is 72.0 Å². The van der Waals surface area contributed by atoms with E-state index < -0.39 is 30.0 Å². The minimum Gasteiger partial charge on any atom is -0.466 e. The molecule has 206 valence electrons. The van der Waals surface area contributed by atoms with E-state index in [9.17, 15) is 14.4 Å². The Hall–Kier alpha value is -2.94. The van der Waals surface area contributed by atoms with E-state index in [4.69, 9.17) is 25.8 Å². The molecule has 3 rings (SSSR count). The van der Waals surface area contributed by atoms with Gasteiger partial charge in [-0.05, 0) is 63.4 Å². The van der Waals surface area contributed by atoms with Crippen LogP contribution in [0.5, 0.6) is 0 Å². The molecule has 2 aromatic carbocycles. The zero-order valence-electron chi connectivity index (χ0n) is 22.8. The van der Waals surface area contributed by atoms with Crippen molar-refractivity contribution < 1.29 is 28.6 Å². The third kappa shape index (κ3) is 7.56. The summed E-state index contributed by atoms with van der Waals surface area (Å²) >= 11 is 6.43. The van der Waals surface area contributed by atoms with Crippen molar-refractivity contribution in [1.29, 1.82) is 0 Å². The SMILES string of the molecule is CCOC(=O)CC1OC(c2cccc(C(NC=O)OC(C)(C)C)c2)c2cc(Cl)ccc2N(CC(C)C)C1=O. The summed E-state index contributed by atoms with van der Waals surface area (Å²) in [5.74, 6) is -0.665. The molecule has 0 saturated heterocycles. The maximum Gasteiger partial charge on any atom is 0.308 e. The van der Waals surface area contributed by atoms with Crippen LogP contribution in [0.2, 0.25) is 5.02 Å². The van der Waals surface area contributed by atoms with Gasteiger partial charge in [0.15, 0.2) is 6.23 Å². The van der Waals surface area contributed by atoms with Gasteiger partial charge in [-0.2, -0.15) is 0 Å². The lowest BCUT2D eigenvalue weighted by Gasteiger charge is -2.28. The van der Waals surface area contributed by atoms with Crippen LogP contribution in [0.1, 0.15) is 77.0 Å². The van der Waals surface area contributed by atoms with E-state index in [2.05, 4.69) is 5.32 Å². The van der Waals surface area contributed by atoms with E-state index in [1.54, 1.807) is 24.0 Å². The second kappa shape index (κ2) is 12.7. The Morgan fingerprint density at radius 1 is 1.21 bits per heavy atom. The summed E-state index contributed by atoms with van der Waals surface area (Å²) in [4.78, 5) is 39.2. The smallest absolute Gasteiger partial charge is 0.308 e. The van der Waals surface area contributed by atoms with Crippen molar-refractivity contribution >= 4 is 35.6 Å². The molecule has 2 amide bonds. The molecule has 8 nitrogen and oxygen atoms in total. The lowest BCUT2D eigenvalue weighted by molar-refractivity contribution is -0.151. The summed E-state index contributed by atoms with van der Waals surface area (Å²) < 4.78 is 17.6. The van der Waals surface area contributed by atoms with Gasteiger partial charge in [-0.1, -0.05) is 43.6 Å². The Morgan fingerprint density at radius 3 is 2.58 bits per heavy atom. The van der Waals surface area contributed by atoms with Gasteiger partial charge >= 0.3 is 5.97 Å². The number of carbonyl (C=O) groups is 3. The maximum atomic E-state index is 13.8. The van der Waals surface area contributed by atoms with Crippen molar-refractivity contribution in [2.24, 2.45) is 5.92 Å². The van der Waals surface area contributed by atoms with E-state index in [1.165, 1.54) is 0 Å². The lowest BCUT2D eigenvalue weighted by atomic mass is 9.97. The van der Waals surface area contributed by atoms with E-state index in [0.29, 0.717) is 40.4 Å². The first kappa shape index (κ1) is 29.6. The van der Waals surface area contributed by atoms with Crippen LogP contribution < -0.4 is 10.2 Å². The molecule has 3 atom stereocenters. The summed E-state index contributed by atoms with van der Waals surface area (Å²) in [7, 11) is 0. The van der Waals surface area contributed by atoms with E-state index >= 15 is 0 Å². The summed E-state index contributed by atoms with van der Waals surface area (Å²) in [5.41, 5.74) is 2.27. The fourth-order valence-electron chi connectivity index (χ4n) is 4.39. The molecule has 0 aromatic heterocycles. The average molecular weight is 545 g/mol. The largest absolute Gasteiger partial charge is 0.466 e. The van der Waals surface area contributed by atoms with Crippen LogP contribution in [0, 0.1) is 5.92 Å². The number of amides is 2. The number of nitrogens with zero attached hydrogens (tertiary/aromatic N) is 1. The maximum absolute atomic E-state index is 13.8. The van der Waals surface area contributed by atoms with E-state index in [1.807, 2.05) is 65.0 Å². The van der Waals surface area contributed by atoms with Gasteiger partial charge in [-0.15, -0.1) is 0 Å². The number of benzene rings is 2. The molecular formula is C29H37ClN2O6. The number of ether oxygens (including phenoxy) is 3. The standard InChI is InChI=1S/C29H37ClN2O6/c1-7-36-25(34)15-24-28(35)32(16-18(2)3)23-12-11-21(30)14-22(23)26(37-24)19-9-8-10-20(13-19)27(31-17-33)38-29(4,5)6/h8-14,17-18,24,26-27H,7,15-16H2,1-6H3,(H,31,33). The van der Waals surface area contributed by atoms with E-state index in [-0.39, 0.29) is 24.9 Å². The Labute approximate surface area is 229 Å². The molecule has 0 aliphatic carbocycles. The van der Waals surface area contributed by atoms with Gasteiger partial charge in [-0.25, -0.2) is 0 Å². The van der Waals surface area contributed by atoms with E-state index in [0.717, 1.165) is 0 Å². The number of carbonyl (C=O) groups excluding carboxylic acids is 3. The minimum absolute atomic E-state index is 0.162. The average Bonchev–Trinajstić information content (AvgIpc) is 2.93. The second-order valence-corrected chi connectivity index (χ2v) is 11.1. The summed E-state index contributed by atoms with van der Waals surface area (Å²) in [6, 6.07) is 12.8. The van der Waals surface area contributed by atoms with Gasteiger partial charge in [-0.3, -0.25) is 14.4 Å². The highest BCUT2D eigenvalue weighted by Crippen LogP contribution is 2.41. The molecule has 0 radical (unpaired) electrons. The highest BCUT2D eigenvalue weighted by Gasteiger charge is 2.38. The van der Waals surface area contributed by atoms with Crippen LogP contribution in [0.15, 0.2) is 42.5 Å². The van der Waals surface area contributed by atoms with Crippen LogP contribution >= 0.6 is 11.6 Å². The van der Waals surface area contributed by atoms with Crippen LogP contribution in [0.3, 0.4) is 0 Å². The Balaban J connectivity index is 2.14. The van der Waals surface area contributed by atoms with Crippen molar-refractivity contribution in [1.82, 2.24) is 5.32 Å². The fourth-order valence-corrected chi connectivity index (χ4v) is 4.57. The normalized spacial score (nSPS) is 18.5. The number of nitrogens with one attached hydrogen (secondary N) is 1. The summed E-state index contributed by atoms with van der Waals surface area (Å²) in [6.07, 6.45) is -2.12. The molecule has 0 saturated carbocycles. The van der Waals surface area contributed by atoms with Gasteiger partial charge < -0.3 is 24.4 Å². The Bertz CT molecular complexity index is 1150. The number of hydrogen-bond donors (Lipinski definition) is 1. The van der Waals surface area contributed by atoms with Crippen molar-refractivity contribution in [3.8, 4) is 0 Å². The number of esters is 1. The summed E-state index contributed by atoms with van der Waals surface area (Å²) in [6.45, 7) is 12.1. The van der Waals surface area contributed by atoms with Gasteiger partial charge in [0.1, 0.15) is 12.2 Å². The van der Waals surface area contributed by atoms with Crippen LogP contribution in [0.4, 0.5) is 5.69 Å². The zero-order valence-corrected chi connectivity index (χ0v) is 23.6. The molecule has 2 aromatic rings. The molecule has 38 heavy (non-hydrogen) atoms. The predicted molar refractivity (Wildman–Crippen MR) is 146 cm³/mol. The quantitative estimate of drug-likeness (QED) is 0.247. The van der Waals surface area contributed by atoms with Crippen LogP contribution in [-0.2, 0) is 28.6 Å². The number of halogens is 1. The number of fused-ring (bicyclic) bond motifs is 1. The molecular weight excluding hydrogens is 508 g/mol.